The van der Waals surface area contributed by atoms with Gasteiger partial charge in [-0.1, -0.05) is 48.5 Å². The van der Waals surface area contributed by atoms with Crippen LogP contribution in [0.4, 0.5) is 10.5 Å². The minimum atomic E-state index is -0.717. The van der Waals surface area contributed by atoms with Gasteiger partial charge in [0.15, 0.2) is 5.76 Å². The van der Waals surface area contributed by atoms with Crippen LogP contribution in [0.5, 0.6) is 0 Å². The van der Waals surface area contributed by atoms with E-state index in [1.165, 1.54) is 6.26 Å². The van der Waals surface area contributed by atoms with Gasteiger partial charge in [-0.05, 0) is 42.7 Å². The number of hydrogen-bond acceptors (Lipinski definition) is 4. The van der Waals surface area contributed by atoms with E-state index in [-0.39, 0.29) is 23.7 Å². The highest BCUT2D eigenvalue weighted by molar-refractivity contribution is 5.95. The summed E-state index contributed by atoms with van der Waals surface area (Å²) in [7, 11) is 0. The standard InChI is InChI=1S/C26H28N4O4/c31-24(23-12-7-17-34-23)29-22(18-19-8-3-1-4-9-19)25(32)30-15-13-21(14-16-30)28-26(33)27-20-10-5-2-6-11-20/h1-12,17,21-22H,13-16,18H2,(H,29,31)(H2,27,28,33). The first-order chi connectivity index (χ1) is 16.6. The number of nitrogens with one attached hydrogen (secondary N) is 3. The van der Waals surface area contributed by atoms with E-state index in [2.05, 4.69) is 16.0 Å². The molecule has 1 aliphatic heterocycles. The molecule has 1 saturated heterocycles. The third kappa shape index (κ3) is 6.25. The Kier molecular flexibility index (Phi) is 7.60. The maximum absolute atomic E-state index is 13.4. The molecule has 4 amide bonds. The normalized spacial score (nSPS) is 14.8. The summed E-state index contributed by atoms with van der Waals surface area (Å²) in [6, 6.07) is 21.0. The van der Waals surface area contributed by atoms with Gasteiger partial charge in [-0.2, -0.15) is 0 Å². The number of anilines is 1. The highest BCUT2D eigenvalue weighted by Crippen LogP contribution is 2.15. The van der Waals surface area contributed by atoms with Crippen molar-refractivity contribution in [3.05, 3.63) is 90.4 Å². The zero-order chi connectivity index (χ0) is 23.8. The lowest BCUT2D eigenvalue weighted by atomic mass is 10.0. The monoisotopic (exact) mass is 460 g/mol. The number of carbonyl (C=O) groups excluding carboxylic acids is 3. The molecule has 1 aliphatic rings. The van der Waals surface area contributed by atoms with E-state index in [0.717, 1.165) is 11.3 Å². The van der Waals surface area contributed by atoms with Gasteiger partial charge in [-0.15, -0.1) is 0 Å². The lowest BCUT2D eigenvalue weighted by molar-refractivity contribution is -0.134. The summed E-state index contributed by atoms with van der Waals surface area (Å²) >= 11 is 0. The molecule has 1 aromatic heterocycles. The molecule has 0 radical (unpaired) electrons. The second-order valence-electron chi connectivity index (χ2n) is 8.26. The van der Waals surface area contributed by atoms with E-state index >= 15 is 0 Å². The Balaban J connectivity index is 1.34. The van der Waals surface area contributed by atoms with Crippen molar-refractivity contribution in [2.75, 3.05) is 18.4 Å². The van der Waals surface area contributed by atoms with Crippen molar-refractivity contribution in [2.24, 2.45) is 0 Å². The molecule has 0 saturated carbocycles. The average Bonchev–Trinajstić information content (AvgIpc) is 3.40. The van der Waals surface area contributed by atoms with Crippen molar-refractivity contribution in [3.8, 4) is 0 Å². The van der Waals surface area contributed by atoms with Gasteiger partial charge in [0.1, 0.15) is 6.04 Å². The number of likely N-dealkylation sites (tertiary alicyclic amines) is 1. The van der Waals surface area contributed by atoms with Crippen LogP contribution >= 0.6 is 0 Å². The van der Waals surface area contributed by atoms with Gasteiger partial charge in [-0.25, -0.2) is 4.79 Å². The summed E-state index contributed by atoms with van der Waals surface area (Å²) in [5, 5.41) is 8.63. The molecule has 2 aromatic carbocycles. The predicted molar refractivity (Wildman–Crippen MR) is 128 cm³/mol. The summed E-state index contributed by atoms with van der Waals surface area (Å²) < 4.78 is 5.18. The molecule has 0 spiro atoms. The Labute approximate surface area is 198 Å². The highest BCUT2D eigenvalue weighted by Gasteiger charge is 2.30. The number of nitrogens with zero attached hydrogens (tertiary/aromatic N) is 1. The van der Waals surface area contributed by atoms with Crippen LogP contribution in [0.3, 0.4) is 0 Å². The van der Waals surface area contributed by atoms with Gasteiger partial charge in [0.2, 0.25) is 5.91 Å². The first kappa shape index (κ1) is 23.1. The summed E-state index contributed by atoms with van der Waals surface area (Å²) in [6.07, 6.45) is 3.08. The average molecular weight is 461 g/mol. The molecule has 8 nitrogen and oxygen atoms in total. The molecule has 1 unspecified atom stereocenters. The molecule has 8 heteroatoms. The SMILES string of the molecule is O=C(Nc1ccccc1)NC1CCN(C(=O)C(Cc2ccccc2)NC(=O)c2ccco2)CC1. The molecule has 176 valence electrons. The van der Waals surface area contributed by atoms with Crippen molar-refractivity contribution in [1.82, 2.24) is 15.5 Å². The lowest BCUT2D eigenvalue weighted by Gasteiger charge is -2.34. The van der Waals surface area contributed by atoms with Crippen LogP contribution in [0.2, 0.25) is 0 Å². The molecular formula is C26H28N4O4. The molecule has 0 aliphatic carbocycles. The summed E-state index contributed by atoms with van der Waals surface area (Å²) in [4.78, 5) is 40.0. The summed E-state index contributed by atoms with van der Waals surface area (Å²) in [5.41, 5.74) is 1.68. The van der Waals surface area contributed by atoms with Crippen molar-refractivity contribution in [3.63, 3.8) is 0 Å². The molecule has 34 heavy (non-hydrogen) atoms. The Hall–Kier alpha value is -4.07. The minimum absolute atomic E-state index is 0.0296. The number of benzene rings is 2. The Morgan fingerprint density at radius 2 is 1.59 bits per heavy atom. The Bertz CT molecular complexity index is 1080. The first-order valence-electron chi connectivity index (χ1n) is 11.4. The van der Waals surface area contributed by atoms with E-state index in [1.807, 2.05) is 60.7 Å². The number of amides is 4. The fourth-order valence-electron chi connectivity index (χ4n) is 4.03. The third-order valence-corrected chi connectivity index (χ3v) is 5.80. The molecule has 1 atom stereocenters. The molecular weight excluding hydrogens is 432 g/mol. The fraction of sp³-hybridized carbons (Fsp3) is 0.269. The van der Waals surface area contributed by atoms with Crippen LogP contribution in [0, 0.1) is 0 Å². The maximum Gasteiger partial charge on any atom is 0.319 e. The van der Waals surface area contributed by atoms with Crippen LogP contribution in [-0.2, 0) is 11.2 Å². The van der Waals surface area contributed by atoms with E-state index in [4.69, 9.17) is 4.42 Å². The van der Waals surface area contributed by atoms with E-state index in [1.54, 1.807) is 17.0 Å². The smallest absolute Gasteiger partial charge is 0.319 e. The quantitative estimate of drug-likeness (QED) is 0.503. The second-order valence-corrected chi connectivity index (χ2v) is 8.26. The zero-order valence-corrected chi connectivity index (χ0v) is 18.8. The molecule has 1 fully saturated rings. The Morgan fingerprint density at radius 3 is 2.24 bits per heavy atom. The number of hydrogen-bond donors (Lipinski definition) is 3. The summed E-state index contributed by atoms with van der Waals surface area (Å²) in [6.45, 7) is 0.994. The largest absolute Gasteiger partial charge is 0.459 e. The predicted octanol–water partition coefficient (Wildman–Crippen LogP) is 3.43. The van der Waals surface area contributed by atoms with Gasteiger partial charge in [0.05, 0.1) is 6.26 Å². The Morgan fingerprint density at radius 1 is 0.912 bits per heavy atom. The lowest BCUT2D eigenvalue weighted by Crippen LogP contribution is -2.54. The third-order valence-electron chi connectivity index (χ3n) is 5.80. The number of para-hydroxylation sites is 1. The number of urea groups is 1. The number of piperidine rings is 1. The topological polar surface area (TPSA) is 104 Å². The summed E-state index contributed by atoms with van der Waals surface area (Å²) in [5.74, 6) is -0.400. The van der Waals surface area contributed by atoms with Crippen LogP contribution in [0.1, 0.15) is 29.0 Å². The highest BCUT2D eigenvalue weighted by atomic mass is 16.3. The van der Waals surface area contributed by atoms with Crippen molar-refractivity contribution >= 4 is 23.5 Å². The zero-order valence-electron chi connectivity index (χ0n) is 18.8. The van der Waals surface area contributed by atoms with Crippen LogP contribution < -0.4 is 16.0 Å². The molecule has 2 heterocycles. The van der Waals surface area contributed by atoms with Crippen molar-refractivity contribution in [1.29, 1.82) is 0 Å². The molecule has 0 bridgehead atoms. The van der Waals surface area contributed by atoms with Gasteiger partial charge >= 0.3 is 6.03 Å². The second kappa shape index (κ2) is 11.2. The number of furan rings is 1. The van der Waals surface area contributed by atoms with Gasteiger partial charge in [0.25, 0.3) is 5.91 Å². The number of carbonyl (C=O) groups is 3. The van der Waals surface area contributed by atoms with E-state index in [9.17, 15) is 14.4 Å². The van der Waals surface area contributed by atoms with Crippen molar-refractivity contribution in [2.45, 2.75) is 31.3 Å². The first-order valence-corrected chi connectivity index (χ1v) is 11.4. The van der Waals surface area contributed by atoms with Gasteiger partial charge < -0.3 is 25.3 Å². The van der Waals surface area contributed by atoms with E-state index in [0.29, 0.717) is 32.4 Å². The number of rotatable bonds is 7. The van der Waals surface area contributed by atoms with Gasteiger partial charge in [0, 0.05) is 31.2 Å². The van der Waals surface area contributed by atoms with Crippen LogP contribution in [0.25, 0.3) is 0 Å². The molecule has 4 rings (SSSR count). The molecule has 3 N–H and O–H groups in total. The van der Waals surface area contributed by atoms with Crippen LogP contribution in [0.15, 0.2) is 83.5 Å². The van der Waals surface area contributed by atoms with E-state index < -0.39 is 11.9 Å². The minimum Gasteiger partial charge on any atom is -0.459 e. The fourth-order valence-corrected chi connectivity index (χ4v) is 4.03. The van der Waals surface area contributed by atoms with Gasteiger partial charge in [-0.3, -0.25) is 9.59 Å². The van der Waals surface area contributed by atoms with Crippen molar-refractivity contribution < 1.29 is 18.8 Å². The molecule has 3 aromatic rings. The maximum atomic E-state index is 13.4. The van der Waals surface area contributed by atoms with Crippen LogP contribution in [-0.4, -0.2) is 47.9 Å².